The number of rotatable bonds is 3. The monoisotopic (exact) mass is 321 g/mol. The highest BCUT2D eigenvalue weighted by molar-refractivity contribution is 5.80. The highest BCUT2D eigenvalue weighted by Gasteiger charge is 2.25. The molecule has 0 unspecified atom stereocenters. The van der Waals surface area contributed by atoms with Crippen molar-refractivity contribution in [2.24, 2.45) is 0 Å². The highest BCUT2D eigenvalue weighted by atomic mass is 16.2. The standard InChI is InChI=1S/C18H19N5O/c24-18(12-23-13-21-15-5-1-2-6-17(15)23)22-9-3-4-14(11-22)16-10-19-7-8-20-16/h1-2,5-8,10,13-14H,3-4,9,11-12H2/t14-/m0/s1. The number of aromatic nitrogens is 4. The molecule has 4 rings (SSSR count). The van der Waals surface area contributed by atoms with E-state index in [0.29, 0.717) is 13.1 Å². The summed E-state index contributed by atoms with van der Waals surface area (Å²) < 4.78 is 1.92. The van der Waals surface area contributed by atoms with Gasteiger partial charge in [0.1, 0.15) is 6.54 Å². The summed E-state index contributed by atoms with van der Waals surface area (Å²) in [6.07, 6.45) is 9.00. The van der Waals surface area contributed by atoms with Crippen molar-refractivity contribution in [2.75, 3.05) is 13.1 Å². The van der Waals surface area contributed by atoms with Crippen molar-refractivity contribution in [3.8, 4) is 0 Å². The molecule has 1 aliphatic heterocycles. The number of fused-ring (bicyclic) bond motifs is 1. The molecule has 1 aromatic carbocycles. The zero-order chi connectivity index (χ0) is 16.4. The Balaban J connectivity index is 1.48. The molecule has 6 heteroatoms. The molecule has 0 N–H and O–H groups in total. The molecule has 1 fully saturated rings. The van der Waals surface area contributed by atoms with E-state index in [1.807, 2.05) is 39.9 Å². The van der Waals surface area contributed by atoms with Gasteiger partial charge in [-0.3, -0.25) is 14.8 Å². The van der Waals surface area contributed by atoms with E-state index < -0.39 is 0 Å². The lowest BCUT2D eigenvalue weighted by atomic mass is 9.95. The summed E-state index contributed by atoms with van der Waals surface area (Å²) in [6, 6.07) is 7.88. The first-order valence-electron chi connectivity index (χ1n) is 8.25. The first-order chi connectivity index (χ1) is 11.8. The molecule has 1 amide bonds. The van der Waals surface area contributed by atoms with Crippen LogP contribution in [0.5, 0.6) is 0 Å². The van der Waals surface area contributed by atoms with Crippen LogP contribution in [-0.2, 0) is 11.3 Å². The van der Waals surface area contributed by atoms with Crippen LogP contribution in [0, 0.1) is 0 Å². The third kappa shape index (κ3) is 2.87. The second kappa shape index (κ2) is 6.39. The summed E-state index contributed by atoms with van der Waals surface area (Å²) in [7, 11) is 0. The molecule has 24 heavy (non-hydrogen) atoms. The molecule has 0 radical (unpaired) electrons. The van der Waals surface area contributed by atoms with Crippen LogP contribution in [0.15, 0.2) is 49.2 Å². The Labute approximate surface area is 140 Å². The fourth-order valence-corrected chi connectivity index (χ4v) is 3.35. The van der Waals surface area contributed by atoms with Crippen LogP contribution in [0.4, 0.5) is 0 Å². The third-order valence-electron chi connectivity index (χ3n) is 4.61. The fourth-order valence-electron chi connectivity index (χ4n) is 3.35. The molecule has 3 heterocycles. The first kappa shape index (κ1) is 14.8. The lowest BCUT2D eigenvalue weighted by molar-refractivity contribution is -0.133. The molecule has 122 valence electrons. The summed E-state index contributed by atoms with van der Waals surface area (Å²) in [6.45, 7) is 1.85. The van der Waals surface area contributed by atoms with E-state index in [9.17, 15) is 4.79 Å². The maximum absolute atomic E-state index is 12.7. The predicted octanol–water partition coefficient (Wildman–Crippen LogP) is 2.23. The number of hydrogen-bond donors (Lipinski definition) is 0. The van der Waals surface area contributed by atoms with Crippen LogP contribution in [0.3, 0.4) is 0 Å². The summed E-state index contributed by atoms with van der Waals surface area (Å²) >= 11 is 0. The van der Waals surface area contributed by atoms with Gasteiger partial charge in [0.2, 0.25) is 5.91 Å². The average molecular weight is 321 g/mol. The molecule has 0 spiro atoms. The van der Waals surface area contributed by atoms with Gasteiger partial charge in [0.15, 0.2) is 0 Å². The van der Waals surface area contributed by atoms with Crippen LogP contribution in [-0.4, -0.2) is 43.4 Å². The Morgan fingerprint density at radius 2 is 2.12 bits per heavy atom. The first-order valence-corrected chi connectivity index (χ1v) is 8.25. The number of piperidine rings is 1. The molecule has 3 aromatic rings. The van der Waals surface area contributed by atoms with Gasteiger partial charge in [-0.05, 0) is 25.0 Å². The Bertz CT molecular complexity index is 845. The minimum Gasteiger partial charge on any atom is -0.340 e. The number of benzene rings is 1. The van der Waals surface area contributed by atoms with Gasteiger partial charge in [0, 0.05) is 37.6 Å². The smallest absolute Gasteiger partial charge is 0.242 e. The maximum Gasteiger partial charge on any atom is 0.242 e. The molecule has 1 aliphatic rings. The van der Waals surface area contributed by atoms with E-state index in [0.717, 1.165) is 36.1 Å². The molecule has 0 bridgehead atoms. The molecule has 0 saturated carbocycles. The predicted molar refractivity (Wildman–Crippen MR) is 90.3 cm³/mol. The number of hydrogen-bond acceptors (Lipinski definition) is 4. The Morgan fingerprint density at radius 1 is 1.21 bits per heavy atom. The van der Waals surface area contributed by atoms with Crippen molar-refractivity contribution in [1.82, 2.24) is 24.4 Å². The van der Waals surface area contributed by atoms with Gasteiger partial charge in [-0.2, -0.15) is 0 Å². The average Bonchev–Trinajstić information content (AvgIpc) is 3.06. The highest BCUT2D eigenvalue weighted by Crippen LogP contribution is 2.25. The number of para-hydroxylation sites is 2. The number of amides is 1. The van der Waals surface area contributed by atoms with Crippen molar-refractivity contribution in [2.45, 2.75) is 25.3 Å². The minimum atomic E-state index is 0.131. The summed E-state index contributed by atoms with van der Waals surface area (Å²) in [5, 5.41) is 0. The van der Waals surface area contributed by atoms with Crippen molar-refractivity contribution in [3.05, 3.63) is 54.9 Å². The molecule has 2 aromatic heterocycles. The van der Waals surface area contributed by atoms with E-state index in [-0.39, 0.29) is 11.8 Å². The lowest BCUT2D eigenvalue weighted by Gasteiger charge is -2.32. The van der Waals surface area contributed by atoms with E-state index >= 15 is 0 Å². The van der Waals surface area contributed by atoms with Crippen molar-refractivity contribution >= 4 is 16.9 Å². The van der Waals surface area contributed by atoms with Gasteiger partial charge in [-0.15, -0.1) is 0 Å². The molecule has 1 atom stereocenters. The number of likely N-dealkylation sites (tertiary alicyclic amines) is 1. The van der Waals surface area contributed by atoms with Gasteiger partial charge in [-0.25, -0.2) is 4.98 Å². The largest absolute Gasteiger partial charge is 0.340 e. The van der Waals surface area contributed by atoms with E-state index in [4.69, 9.17) is 0 Å². The molecule has 6 nitrogen and oxygen atoms in total. The van der Waals surface area contributed by atoms with E-state index in [1.165, 1.54) is 0 Å². The van der Waals surface area contributed by atoms with Gasteiger partial charge in [0.05, 0.1) is 23.1 Å². The van der Waals surface area contributed by atoms with Crippen LogP contribution in [0.1, 0.15) is 24.5 Å². The normalized spacial score (nSPS) is 18.0. The lowest BCUT2D eigenvalue weighted by Crippen LogP contribution is -2.41. The second-order valence-corrected chi connectivity index (χ2v) is 6.17. The Kier molecular flexibility index (Phi) is 3.94. The van der Waals surface area contributed by atoms with Gasteiger partial charge in [0.25, 0.3) is 0 Å². The third-order valence-corrected chi connectivity index (χ3v) is 4.61. The van der Waals surface area contributed by atoms with Gasteiger partial charge >= 0.3 is 0 Å². The van der Waals surface area contributed by atoms with Crippen LogP contribution in [0.25, 0.3) is 11.0 Å². The Morgan fingerprint density at radius 3 is 3.00 bits per heavy atom. The van der Waals surface area contributed by atoms with Gasteiger partial charge < -0.3 is 9.47 Å². The summed E-state index contributed by atoms with van der Waals surface area (Å²) in [4.78, 5) is 27.6. The Hall–Kier alpha value is -2.76. The van der Waals surface area contributed by atoms with Crippen LogP contribution >= 0.6 is 0 Å². The molecular formula is C18H19N5O. The van der Waals surface area contributed by atoms with Crippen LogP contribution < -0.4 is 0 Å². The zero-order valence-corrected chi connectivity index (χ0v) is 13.4. The van der Waals surface area contributed by atoms with Crippen molar-refractivity contribution in [3.63, 3.8) is 0 Å². The second-order valence-electron chi connectivity index (χ2n) is 6.17. The topological polar surface area (TPSA) is 63.9 Å². The number of imidazole rings is 1. The van der Waals surface area contributed by atoms with Crippen LogP contribution in [0.2, 0.25) is 0 Å². The number of nitrogens with zero attached hydrogens (tertiary/aromatic N) is 5. The number of carbonyl (C=O) groups is 1. The SMILES string of the molecule is O=C(Cn1cnc2ccccc21)N1CCC[C@H](c2cnccn2)C1. The van der Waals surface area contributed by atoms with Gasteiger partial charge in [-0.1, -0.05) is 12.1 Å². The fraction of sp³-hybridized carbons (Fsp3) is 0.333. The van der Waals surface area contributed by atoms with E-state index in [1.54, 1.807) is 18.7 Å². The number of carbonyl (C=O) groups excluding carboxylic acids is 1. The minimum absolute atomic E-state index is 0.131. The maximum atomic E-state index is 12.7. The molecule has 1 saturated heterocycles. The molecular weight excluding hydrogens is 302 g/mol. The van der Waals surface area contributed by atoms with E-state index in [2.05, 4.69) is 15.0 Å². The molecule has 0 aliphatic carbocycles. The van der Waals surface area contributed by atoms with Crippen molar-refractivity contribution in [1.29, 1.82) is 0 Å². The zero-order valence-electron chi connectivity index (χ0n) is 13.4. The van der Waals surface area contributed by atoms with Crippen molar-refractivity contribution < 1.29 is 4.79 Å². The quantitative estimate of drug-likeness (QED) is 0.742. The summed E-state index contributed by atoms with van der Waals surface area (Å²) in [5.74, 6) is 0.405. The summed E-state index contributed by atoms with van der Waals surface area (Å²) in [5.41, 5.74) is 2.89.